The third-order valence-corrected chi connectivity index (χ3v) is 5.28. The van der Waals surface area contributed by atoms with Crippen molar-refractivity contribution in [2.75, 3.05) is 39.3 Å². The zero-order chi connectivity index (χ0) is 18.9. The molecule has 0 aromatic heterocycles. The van der Waals surface area contributed by atoms with Crippen LogP contribution >= 0.6 is 15.9 Å². The fraction of sp³-hybridized carbons (Fsp3) is 0.429. The quantitative estimate of drug-likeness (QED) is 0.722. The van der Waals surface area contributed by atoms with Gasteiger partial charge in [-0.3, -0.25) is 9.80 Å². The number of phenolic OH excluding ortho intramolecular Hbond substituents is 2. The van der Waals surface area contributed by atoms with Gasteiger partial charge in [0.05, 0.1) is 4.47 Å². The molecule has 2 bridgehead atoms. The molecule has 5 rings (SSSR count). The third kappa shape index (κ3) is 6.63. The molecule has 3 saturated heterocycles. The molecular weight excluding hydrogens is 392 g/mol. The van der Waals surface area contributed by atoms with Crippen LogP contribution in [0.5, 0.6) is 11.5 Å². The zero-order valence-electron chi connectivity index (χ0n) is 15.6. The fourth-order valence-corrected chi connectivity index (χ4v) is 3.23. The highest BCUT2D eigenvalue weighted by Crippen LogP contribution is 2.23. The van der Waals surface area contributed by atoms with Crippen LogP contribution in [0, 0.1) is 0 Å². The first kappa shape index (κ1) is 20.7. The smallest absolute Gasteiger partial charge is 0.129 e. The number of phenols is 2. The van der Waals surface area contributed by atoms with Gasteiger partial charge in [0.2, 0.25) is 0 Å². The van der Waals surface area contributed by atoms with Crippen molar-refractivity contribution >= 4 is 15.9 Å². The lowest BCUT2D eigenvalue weighted by Crippen LogP contribution is -2.55. The van der Waals surface area contributed by atoms with Crippen LogP contribution in [0.15, 0.2) is 53.0 Å². The Labute approximate surface area is 165 Å². The van der Waals surface area contributed by atoms with Gasteiger partial charge in [0, 0.05) is 39.3 Å². The van der Waals surface area contributed by atoms with Crippen molar-refractivity contribution in [1.29, 1.82) is 0 Å². The van der Waals surface area contributed by atoms with Gasteiger partial charge >= 0.3 is 0 Å². The number of halogens is 1. The minimum atomic E-state index is 0.285. The first-order valence-corrected chi connectivity index (χ1v) is 9.92. The summed E-state index contributed by atoms with van der Waals surface area (Å²) in [5.41, 5.74) is 1.02. The van der Waals surface area contributed by atoms with Gasteiger partial charge in [-0.05, 0) is 45.6 Å². The van der Waals surface area contributed by atoms with Crippen LogP contribution in [0.4, 0.5) is 0 Å². The number of para-hydroxylation sites is 2. The van der Waals surface area contributed by atoms with Crippen LogP contribution in [0.2, 0.25) is 0 Å². The van der Waals surface area contributed by atoms with Crippen molar-refractivity contribution in [3.05, 3.63) is 58.6 Å². The molecular formula is C21H29BrN2O2. The van der Waals surface area contributed by atoms with Gasteiger partial charge in [0.15, 0.2) is 0 Å². The summed E-state index contributed by atoms with van der Waals surface area (Å²) >= 11 is 3.15. The van der Waals surface area contributed by atoms with E-state index in [1.165, 1.54) is 39.3 Å². The molecule has 3 aliphatic heterocycles. The van der Waals surface area contributed by atoms with Gasteiger partial charge < -0.3 is 10.2 Å². The summed E-state index contributed by atoms with van der Waals surface area (Å²) in [6, 6.07) is 14.5. The lowest BCUT2D eigenvalue weighted by atomic mass is 10.0. The molecule has 0 unspecified atom stereocenters. The van der Waals surface area contributed by atoms with Gasteiger partial charge in [-0.15, -0.1) is 0 Å². The van der Waals surface area contributed by atoms with Crippen LogP contribution in [-0.2, 0) is 0 Å². The van der Waals surface area contributed by atoms with E-state index in [1.807, 2.05) is 24.3 Å². The third-order valence-electron chi connectivity index (χ3n) is 4.61. The summed E-state index contributed by atoms with van der Waals surface area (Å²) in [7, 11) is 0. The number of hydrogen-bond donors (Lipinski definition) is 2. The Hall–Kier alpha value is -1.56. The number of hydrogen-bond acceptors (Lipinski definition) is 4. The Morgan fingerprint density at radius 1 is 0.731 bits per heavy atom. The van der Waals surface area contributed by atoms with E-state index < -0.39 is 0 Å². The van der Waals surface area contributed by atoms with Crippen LogP contribution in [0.3, 0.4) is 0 Å². The topological polar surface area (TPSA) is 46.9 Å². The number of piperazine rings is 3. The standard InChI is InChI=1S/C9H12O.C6H5BrO.C6H12N2/c1-7(2)8-5-3-4-6-9(8)10;7-5-3-1-2-4-6(5)8;1-2-8-5-3-7(1)4-6-8/h3-7,10H,1-2H3;1-4,8H;1-6H2. The van der Waals surface area contributed by atoms with E-state index in [0.29, 0.717) is 11.7 Å². The molecule has 142 valence electrons. The number of nitrogens with zero attached hydrogens (tertiary/aromatic N) is 2. The maximum atomic E-state index is 9.28. The highest BCUT2D eigenvalue weighted by atomic mass is 79.9. The first-order chi connectivity index (χ1) is 12.5. The number of benzene rings is 2. The van der Waals surface area contributed by atoms with E-state index >= 15 is 0 Å². The van der Waals surface area contributed by atoms with Crippen molar-refractivity contribution in [2.24, 2.45) is 0 Å². The van der Waals surface area contributed by atoms with E-state index in [-0.39, 0.29) is 5.75 Å². The van der Waals surface area contributed by atoms with Gasteiger partial charge in [-0.2, -0.15) is 0 Å². The Balaban J connectivity index is 0.000000141. The largest absolute Gasteiger partial charge is 0.508 e. The first-order valence-electron chi connectivity index (χ1n) is 9.13. The Morgan fingerprint density at radius 2 is 1.15 bits per heavy atom. The number of aromatic hydroxyl groups is 2. The number of fused-ring (bicyclic) bond motifs is 3. The average Bonchev–Trinajstić information content (AvgIpc) is 2.67. The van der Waals surface area contributed by atoms with Gasteiger partial charge in [0.1, 0.15) is 11.5 Å². The van der Waals surface area contributed by atoms with Crippen LogP contribution in [-0.4, -0.2) is 59.3 Å². The average molecular weight is 421 g/mol. The van der Waals surface area contributed by atoms with E-state index in [0.717, 1.165) is 10.0 Å². The lowest BCUT2D eigenvalue weighted by Gasteiger charge is -2.41. The minimum absolute atomic E-state index is 0.285. The van der Waals surface area contributed by atoms with Gasteiger partial charge in [0.25, 0.3) is 0 Å². The molecule has 0 aliphatic carbocycles. The van der Waals surface area contributed by atoms with Crippen LogP contribution in [0.1, 0.15) is 25.3 Å². The van der Waals surface area contributed by atoms with Crippen molar-refractivity contribution in [1.82, 2.24) is 9.80 Å². The summed E-state index contributed by atoms with van der Waals surface area (Å²) in [6.45, 7) is 12.0. The second kappa shape index (κ2) is 10.6. The SMILES string of the molecule is C1CN2CCN1CC2.CC(C)c1ccccc1O.Oc1ccccc1Br. The Bertz CT molecular complexity index is 627. The van der Waals surface area contributed by atoms with E-state index in [4.69, 9.17) is 5.11 Å². The minimum Gasteiger partial charge on any atom is -0.508 e. The van der Waals surface area contributed by atoms with E-state index in [1.54, 1.807) is 24.3 Å². The summed E-state index contributed by atoms with van der Waals surface area (Å²) in [4.78, 5) is 5.08. The summed E-state index contributed by atoms with van der Waals surface area (Å²) in [6.07, 6.45) is 0. The number of rotatable bonds is 1. The molecule has 0 amide bonds. The molecule has 5 heteroatoms. The van der Waals surface area contributed by atoms with E-state index in [2.05, 4.69) is 39.6 Å². The monoisotopic (exact) mass is 420 g/mol. The van der Waals surface area contributed by atoms with Crippen molar-refractivity contribution in [3.63, 3.8) is 0 Å². The molecule has 3 fully saturated rings. The highest BCUT2D eigenvalue weighted by molar-refractivity contribution is 9.10. The molecule has 3 heterocycles. The molecule has 2 aromatic carbocycles. The molecule has 0 radical (unpaired) electrons. The molecule has 2 N–H and O–H groups in total. The predicted molar refractivity (Wildman–Crippen MR) is 111 cm³/mol. The zero-order valence-corrected chi connectivity index (χ0v) is 17.2. The molecule has 0 saturated carbocycles. The second-order valence-electron chi connectivity index (χ2n) is 6.85. The summed E-state index contributed by atoms with van der Waals surface area (Å²) in [5.74, 6) is 1.09. The maximum absolute atomic E-state index is 9.28. The van der Waals surface area contributed by atoms with Gasteiger partial charge in [-0.25, -0.2) is 0 Å². The van der Waals surface area contributed by atoms with Crippen LogP contribution < -0.4 is 0 Å². The van der Waals surface area contributed by atoms with E-state index in [9.17, 15) is 5.11 Å². The normalized spacial score (nSPS) is 20.6. The molecule has 0 atom stereocenters. The fourth-order valence-electron chi connectivity index (χ4n) is 2.95. The van der Waals surface area contributed by atoms with Gasteiger partial charge in [-0.1, -0.05) is 44.2 Å². The predicted octanol–water partition coefficient (Wildman–Crippen LogP) is 4.29. The Morgan fingerprint density at radius 3 is 1.42 bits per heavy atom. The molecule has 4 nitrogen and oxygen atoms in total. The van der Waals surface area contributed by atoms with Crippen molar-refractivity contribution < 1.29 is 10.2 Å². The maximum Gasteiger partial charge on any atom is 0.129 e. The summed E-state index contributed by atoms with van der Waals surface area (Å²) in [5, 5.41) is 18.2. The molecule has 3 aliphatic rings. The second-order valence-corrected chi connectivity index (χ2v) is 7.70. The highest BCUT2D eigenvalue weighted by Gasteiger charge is 2.21. The van der Waals surface area contributed by atoms with Crippen molar-refractivity contribution in [2.45, 2.75) is 19.8 Å². The molecule has 26 heavy (non-hydrogen) atoms. The lowest BCUT2D eigenvalue weighted by molar-refractivity contribution is 0.0647. The van der Waals surface area contributed by atoms with Crippen LogP contribution in [0.25, 0.3) is 0 Å². The summed E-state index contributed by atoms with van der Waals surface area (Å²) < 4.78 is 0.736. The van der Waals surface area contributed by atoms with Crippen molar-refractivity contribution in [3.8, 4) is 11.5 Å². The molecule has 2 aromatic rings. The molecule has 0 spiro atoms. The Kier molecular flexibility index (Phi) is 8.42.